The Kier molecular flexibility index (Phi) is 5.67. The Morgan fingerprint density at radius 3 is 2.24 bits per heavy atom. The van der Waals surface area contributed by atoms with Crippen LogP contribution in [0.4, 0.5) is 5.69 Å². The highest BCUT2D eigenvalue weighted by atomic mass is 16.5. The van der Waals surface area contributed by atoms with Crippen LogP contribution in [0.2, 0.25) is 0 Å². The summed E-state index contributed by atoms with van der Waals surface area (Å²) in [6, 6.07) is 6.96. The van der Waals surface area contributed by atoms with Gasteiger partial charge in [0.05, 0.1) is 18.9 Å². The van der Waals surface area contributed by atoms with Crippen LogP contribution in [0.1, 0.15) is 27.7 Å². The maximum atomic E-state index is 5.63. The third-order valence-corrected chi connectivity index (χ3v) is 2.57. The highest BCUT2D eigenvalue weighted by Gasteiger charge is 2.11. The van der Waals surface area contributed by atoms with Crippen molar-refractivity contribution in [1.29, 1.82) is 0 Å². The lowest BCUT2D eigenvalue weighted by atomic mass is 10.2. The van der Waals surface area contributed by atoms with Crippen molar-refractivity contribution in [3.05, 3.63) is 18.2 Å². The molecule has 3 nitrogen and oxygen atoms in total. The summed E-state index contributed by atoms with van der Waals surface area (Å²) in [4.78, 5) is 2.25. The predicted molar refractivity (Wildman–Crippen MR) is 71.2 cm³/mol. The van der Waals surface area contributed by atoms with Gasteiger partial charge < -0.3 is 14.4 Å². The molecule has 17 heavy (non-hydrogen) atoms. The molecule has 0 fully saturated rings. The topological polar surface area (TPSA) is 21.7 Å². The van der Waals surface area contributed by atoms with Gasteiger partial charge in [0.15, 0.2) is 0 Å². The van der Waals surface area contributed by atoms with E-state index in [-0.39, 0.29) is 0 Å². The highest BCUT2D eigenvalue weighted by molar-refractivity contribution is 5.61. The van der Waals surface area contributed by atoms with E-state index in [1.807, 2.05) is 26.0 Å². The zero-order chi connectivity index (χ0) is 12.7. The normalized spacial score (nSPS) is 10.1. The molecule has 1 aromatic carbocycles. The maximum Gasteiger partial charge on any atom is 0.143 e. The lowest BCUT2D eigenvalue weighted by Gasteiger charge is -2.24. The van der Waals surface area contributed by atoms with Crippen LogP contribution < -0.4 is 14.4 Å². The van der Waals surface area contributed by atoms with Crippen molar-refractivity contribution in [3.8, 4) is 11.5 Å². The molecule has 0 atom stereocenters. The Bertz CT molecular complexity index is 335. The van der Waals surface area contributed by atoms with Crippen LogP contribution >= 0.6 is 0 Å². The molecule has 0 bridgehead atoms. The van der Waals surface area contributed by atoms with Gasteiger partial charge in [-0.15, -0.1) is 0 Å². The summed E-state index contributed by atoms with van der Waals surface area (Å²) in [5, 5.41) is 0. The van der Waals surface area contributed by atoms with E-state index in [2.05, 4.69) is 24.8 Å². The minimum Gasteiger partial charge on any atom is -0.493 e. The third kappa shape index (κ3) is 3.55. The second-order valence-electron chi connectivity index (χ2n) is 3.59. The molecule has 0 aliphatic heterocycles. The molecule has 0 amide bonds. The summed E-state index contributed by atoms with van der Waals surface area (Å²) in [7, 11) is 0. The SMILES string of the molecule is CCOc1[c]cc(OCC)c(N(CC)CC)c1. The van der Waals surface area contributed by atoms with Crippen molar-refractivity contribution in [1.82, 2.24) is 0 Å². The number of ether oxygens (including phenoxy) is 2. The number of nitrogens with zero attached hydrogens (tertiary/aromatic N) is 1. The molecule has 0 aliphatic rings. The second-order valence-corrected chi connectivity index (χ2v) is 3.59. The number of hydrogen-bond acceptors (Lipinski definition) is 3. The zero-order valence-electron chi connectivity index (χ0n) is 11.2. The van der Waals surface area contributed by atoms with Crippen molar-refractivity contribution in [2.45, 2.75) is 27.7 Å². The van der Waals surface area contributed by atoms with Crippen LogP contribution in [0.3, 0.4) is 0 Å². The number of hydrogen-bond donors (Lipinski definition) is 0. The summed E-state index contributed by atoms with van der Waals surface area (Å²) in [5.41, 5.74) is 1.08. The average Bonchev–Trinajstić information content (AvgIpc) is 2.34. The largest absolute Gasteiger partial charge is 0.493 e. The number of anilines is 1. The minimum atomic E-state index is 0.655. The first-order valence-electron chi connectivity index (χ1n) is 6.32. The molecular weight excluding hydrogens is 214 g/mol. The van der Waals surface area contributed by atoms with Gasteiger partial charge in [-0.05, 0) is 33.8 Å². The smallest absolute Gasteiger partial charge is 0.143 e. The van der Waals surface area contributed by atoms with Crippen LogP contribution in [-0.4, -0.2) is 26.3 Å². The van der Waals surface area contributed by atoms with Crippen molar-refractivity contribution >= 4 is 5.69 Å². The van der Waals surface area contributed by atoms with Gasteiger partial charge in [-0.1, -0.05) is 0 Å². The molecule has 1 radical (unpaired) electrons. The summed E-state index contributed by atoms with van der Waals surface area (Å²) in [5.74, 6) is 1.65. The number of rotatable bonds is 7. The Morgan fingerprint density at radius 1 is 1.06 bits per heavy atom. The van der Waals surface area contributed by atoms with Crippen LogP contribution in [-0.2, 0) is 0 Å². The first kappa shape index (κ1) is 13.7. The highest BCUT2D eigenvalue weighted by Crippen LogP contribution is 2.32. The van der Waals surface area contributed by atoms with Gasteiger partial charge in [-0.3, -0.25) is 0 Å². The monoisotopic (exact) mass is 236 g/mol. The molecular formula is C14H22NO2. The quantitative estimate of drug-likeness (QED) is 0.726. The van der Waals surface area contributed by atoms with Gasteiger partial charge in [-0.2, -0.15) is 0 Å². The van der Waals surface area contributed by atoms with E-state index in [9.17, 15) is 0 Å². The van der Waals surface area contributed by atoms with Gasteiger partial charge in [0, 0.05) is 25.2 Å². The molecule has 95 valence electrons. The molecule has 0 spiro atoms. The maximum absolute atomic E-state index is 5.63. The van der Waals surface area contributed by atoms with E-state index >= 15 is 0 Å². The first-order chi connectivity index (χ1) is 8.26. The van der Waals surface area contributed by atoms with Crippen molar-refractivity contribution in [3.63, 3.8) is 0 Å². The van der Waals surface area contributed by atoms with E-state index in [0.29, 0.717) is 13.2 Å². The van der Waals surface area contributed by atoms with E-state index in [4.69, 9.17) is 9.47 Å². The fourth-order valence-corrected chi connectivity index (χ4v) is 1.77. The molecule has 0 N–H and O–H groups in total. The Hall–Kier alpha value is -1.38. The lowest BCUT2D eigenvalue weighted by Crippen LogP contribution is -2.22. The van der Waals surface area contributed by atoms with Crippen LogP contribution in [0.15, 0.2) is 12.1 Å². The zero-order valence-corrected chi connectivity index (χ0v) is 11.2. The summed E-state index contributed by atoms with van der Waals surface area (Å²) < 4.78 is 11.1. The summed E-state index contributed by atoms with van der Waals surface area (Å²) >= 11 is 0. The van der Waals surface area contributed by atoms with Gasteiger partial charge in [0.25, 0.3) is 0 Å². The lowest BCUT2D eigenvalue weighted by molar-refractivity contribution is 0.330. The average molecular weight is 236 g/mol. The fourth-order valence-electron chi connectivity index (χ4n) is 1.77. The van der Waals surface area contributed by atoms with E-state index in [1.54, 1.807) is 0 Å². The van der Waals surface area contributed by atoms with Gasteiger partial charge in [-0.25, -0.2) is 0 Å². The summed E-state index contributed by atoms with van der Waals surface area (Å²) in [6.45, 7) is 11.5. The molecule has 0 aromatic heterocycles. The van der Waals surface area contributed by atoms with Crippen LogP contribution in [0, 0.1) is 6.07 Å². The molecule has 3 heteroatoms. The molecule has 0 aliphatic carbocycles. The molecule has 1 aromatic rings. The Balaban J connectivity index is 3.05. The third-order valence-electron chi connectivity index (χ3n) is 2.57. The van der Waals surface area contributed by atoms with Gasteiger partial charge in [0.2, 0.25) is 0 Å². The van der Waals surface area contributed by atoms with E-state index in [0.717, 1.165) is 30.3 Å². The molecule has 0 saturated heterocycles. The van der Waals surface area contributed by atoms with Crippen LogP contribution in [0.25, 0.3) is 0 Å². The fraction of sp³-hybridized carbons (Fsp3) is 0.571. The van der Waals surface area contributed by atoms with E-state index in [1.165, 1.54) is 0 Å². The van der Waals surface area contributed by atoms with Crippen molar-refractivity contribution < 1.29 is 9.47 Å². The first-order valence-corrected chi connectivity index (χ1v) is 6.32. The Labute approximate surface area is 104 Å². The van der Waals surface area contributed by atoms with Gasteiger partial charge in [0.1, 0.15) is 11.5 Å². The minimum absolute atomic E-state index is 0.655. The standard InChI is InChI=1S/C14H22NO2/c1-5-15(6-2)13-11-12(16-7-3)9-10-14(13)17-8-4/h10-11H,5-8H2,1-4H3. The molecule has 0 saturated carbocycles. The van der Waals surface area contributed by atoms with Crippen molar-refractivity contribution in [2.75, 3.05) is 31.2 Å². The van der Waals surface area contributed by atoms with Crippen molar-refractivity contribution in [2.24, 2.45) is 0 Å². The Morgan fingerprint density at radius 2 is 1.71 bits per heavy atom. The molecule has 0 unspecified atom stereocenters. The van der Waals surface area contributed by atoms with Crippen LogP contribution in [0.5, 0.6) is 11.5 Å². The van der Waals surface area contributed by atoms with E-state index < -0.39 is 0 Å². The summed E-state index contributed by atoms with van der Waals surface area (Å²) in [6.07, 6.45) is 0. The predicted octanol–water partition coefficient (Wildman–Crippen LogP) is 3.13. The second kappa shape index (κ2) is 7.05. The van der Waals surface area contributed by atoms with Gasteiger partial charge >= 0.3 is 0 Å². The number of benzene rings is 1. The molecule has 0 heterocycles. The molecule has 1 rings (SSSR count).